The van der Waals surface area contributed by atoms with Gasteiger partial charge in [-0.2, -0.15) is 0 Å². The van der Waals surface area contributed by atoms with Crippen molar-refractivity contribution in [3.05, 3.63) is 48.6 Å². The maximum atomic E-state index is 13.3. The quantitative estimate of drug-likeness (QED) is 0.172. The Labute approximate surface area is 184 Å². The molecule has 0 saturated heterocycles. The molecule has 0 bridgehead atoms. The third-order valence-corrected chi connectivity index (χ3v) is 5.52. The van der Waals surface area contributed by atoms with E-state index in [9.17, 15) is 14.4 Å². The highest BCUT2D eigenvalue weighted by atomic mass is 16.5. The Balaban J connectivity index is 2.30. The van der Waals surface area contributed by atoms with Crippen molar-refractivity contribution in [1.29, 1.82) is 0 Å². The molecule has 0 aliphatic heterocycles. The Hall–Kier alpha value is -2.67. The summed E-state index contributed by atoms with van der Waals surface area (Å²) in [6, 6.07) is 8.26. The van der Waals surface area contributed by atoms with Gasteiger partial charge in [0.2, 0.25) is 11.8 Å². The first-order valence-corrected chi connectivity index (χ1v) is 11.0. The monoisotopic (exact) mass is 430 g/mol. The first-order chi connectivity index (χ1) is 15.0. The van der Waals surface area contributed by atoms with Crippen molar-refractivity contribution in [3.63, 3.8) is 0 Å². The summed E-state index contributed by atoms with van der Waals surface area (Å²) >= 11 is 0. The molecule has 1 aromatic carbocycles. The average Bonchev–Trinajstić information content (AvgIpc) is 3.27. The smallest absolute Gasteiger partial charge is 0.333 e. The molecule has 170 valence electrons. The number of unbranched alkanes of at least 4 members (excludes halogenated alkanes) is 1. The van der Waals surface area contributed by atoms with Crippen LogP contribution < -0.4 is 5.48 Å². The third-order valence-electron chi connectivity index (χ3n) is 5.52. The van der Waals surface area contributed by atoms with Crippen molar-refractivity contribution in [2.45, 2.75) is 70.4 Å². The molecule has 2 N–H and O–H groups in total. The summed E-state index contributed by atoms with van der Waals surface area (Å²) in [7, 11) is 0. The van der Waals surface area contributed by atoms with Crippen LogP contribution in [0.15, 0.2) is 43.0 Å². The van der Waals surface area contributed by atoms with Gasteiger partial charge < -0.3 is 9.64 Å². The van der Waals surface area contributed by atoms with Crippen molar-refractivity contribution < 1.29 is 24.3 Å². The number of ether oxygens (including phenoxy) is 1. The van der Waals surface area contributed by atoms with Crippen molar-refractivity contribution in [2.24, 2.45) is 5.92 Å². The van der Waals surface area contributed by atoms with Crippen LogP contribution >= 0.6 is 0 Å². The molecule has 1 saturated carbocycles. The Bertz CT molecular complexity index is 731. The Morgan fingerprint density at radius 1 is 1.26 bits per heavy atom. The lowest BCUT2D eigenvalue weighted by Gasteiger charge is -2.33. The number of rotatable bonds is 12. The second kappa shape index (κ2) is 12.9. The number of nitrogens with zero attached hydrogens (tertiary/aromatic N) is 1. The topological polar surface area (TPSA) is 95.9 Å². The number of hydrogen-bond donors (Lipinski definition) is 2. The van der Waals surface area contributed by atoms with Crippen LogP contribution in [-0.4, -0.2) is 40.5 Å². The standard InChI is InChI=1S/C24H34N2O5/c1-3-4-6-15-22(28)26(17-18(2)16-21(27)25-30)23(19-11-7-5-8-12-19)24(29)31-20-13-9-10-14-20/h3,5,7-8,11-12,18,20,23,30H,1,4,6,9-10,13-17H2,2H3,(H,25,27)/t18-,23+/m1/s1. The summed E-state index contributed by atoms with van der Waals surface area (Å²) in [5.74, 6) is -1.40. The minimum Gasteiger partial charge on any atom is -0.461 e. The predicted molar refractivity (Wildman–Crippen MR) is 117 cm³/mol. The van der Waals surface area contributed by atoms with Gasteiger partial charge in [-0.15, -0.1) is 6.58 Å². The minimum atomic E-state index is -0.877. The molecule has 0 heterocycles. The molecule has 0 radical (unpaired) electrons. The molecule has 0 aromatic heterocycles. The fourth-order valence-corrected chi connectivity index (χ4v) is 3.97. The molecular formula is C24H34N2O5. The van der Waals surface area contributed by atoms with E-state index < -0.39 is 17.9 Å². The minimum absolute atomic E-state index is 0.0338. The van der Waals surface area contributed by atoms with E-state index in [2.05, 4.69) is 6.58 Å². The van der Waals surface area contributed by atoms with E-state index in [4.69, 9.17) is 9.94 Å². The van der Waals surface area contributed by atoms with Crippen LogP contribution in [0.25, 0.3) is 0 Å². The molecule has 1 aromatic rings. The van der Waals surface area contributed by atoms with Crippen LogP contribution in [-0.2, 0) is 19.1 Å². The molecule has 0 spiro atoms. The second-order valence-electron chi connectivity index (χ2n) is 8.23. The number of hydrogen-bond acceptors (Lipinski definition) is 5. The van der Waals surface area contributed by atoms with E-state index in [1.165, 1.54) is 4.90 Å². The average molecular weight is 431 g/mol. The Morgan fingerprint density at radius 3 is 2.55 bits per heavy atom. The first kappa shape index (κ1) is 24.6. The number of nitrogens with one attached hydrogen (secondary N) is 1. The molecule has 2 amide bonds. The number of hydroxylamine groups is 1. The van der Waals surface area contributed by atoms with Crippen LogP contribution in [0.2, 0.25) is 0 Å². The van der Waals surface area contributed by atoms with Gasteiger partial charge in [0.05, 0.1) is 0 Å². The fraction of sp³-hybridized carbons (Fsp3) is 0.542. The molecule has 0 unspecified atom stereocenters. The number of carbonyl (C=O) groups is 3. The second-order valence-corrected chi connectivity index (χ2v) is 8.23. The van der Waals surface area contributed by atoms with Crippen molar-refractivity contribution in [1.82, 2.24) is 10.4 Å². The summed E-state index contributed by atoms with van der Waals surface area (Å²) in [4.78, 5) is 39.6. The van der Waals surface area contributed by atoms with Crippen molar-refractivity contribution in [2.75, 3.05) is 6.54 Å². The van der Waals surface area contributed by atoms with Crippen LogP contribution in [0.3, 0.4) is 0 Å². The van der Waals surface area contributed by atoms with Crippen LogP contribution in [0.5, 0.6) is 0 Å². The lowest BCUT2D eigenvalue weighted by molar-refractivity contribution is -0.160. The van der Waals surface area contributed by atoms with E-state index >= 15 is 0 Å². The molecule has 1 aliphatic rings. The highest BCUT2D eigenvalue weighted by Gasteiger charge is 2.35. The van der Waals surface area contributed by atoms with Gasteiger partial charge in [-0.05, 0) is 50.0 Å². The van der Waals surface area contributed by atoms with Crippen molar-refractivity contribution >= 4 is 17.8 Å². The molecule has 2 atom stereocenters. The van der Waals surface area contributed by atoms with Crippen LogP contribution in [0.1, 0.15) is 69.9 Å². The molecule has 2 rings (SSSR count). The third kappa shape index (κ3) is 7.83. The van der Waals surface area contributed by atoms with Gasteiger partial charge in [0.1, 0.15) is 6.10 Å². The fourth-order valence-electron chi connectivity index (χ4n) is 3.97. The molecule has 7 nitrogen and oxygen atoms in total. The Morgan fingerprint density at radius 2 is 1.94 bits per heavy atom. The molecular weight excluding hydrogens is 396 g/mol. The van der Waals surface area contributed by atoms with E-state index in [1.807, 2.05) is 37.3 Å². The SMILES string of the molecule is C=CCCCC(=O)N(C[C@H](C)CC(=O)NO)[C@H](C(=O)OC1CCCC1)c1ccccc1. The number of allylic oxidation sites excluding steroid dienone is 1. The normalized spacial score (nSPS) is 15.7. The van der Waals surface area contributed by atoms with Gasteiger partial charge in [0, 0.05) is 19.4 Å². The lowest BCUT2D eigenvalue weighted by Crippen LogP contribution is -2.43. The van der Waals surface area contributed by atoms with Crippen molar-refractivity contribution in [3.8, 4) is 0 Å². The summed E-state index contributed by atoms with van der Waals surface area (Å²) in [5, 5.41) is 8.84. The zero-order valence-electron chi connectivity index (χ0n) is 18.3. The summed E-state index contributed by atoms with van der Waals surface area (Å²) in [6.45, 7) is 5.70. The van der Waals surface area contributed by atoms with Gasteiger partial charge in [-0.3, -0.25) is 14.8 Å². The maximum Gasteiger partial charge on any atom is 0.333 e. The van der Waals surface area contributed by atoms with Gasteiger partial charge in [0.25, 0.3) is 0 Å². The number of benzene rings is 1. The lowest BCUT2D eigenvalue weighted by atomic mass is 10.0. The number of esters is 1. The summed E-state index contributed by atoms with van der Waals surface area (Å²) < 4.78 is 5.80. The van der Waals surface area contributed by atoms with Gasteiger partial charge in [-0.25, -0.2) is 10.3 Å². The molecule has 7 heteroatoms. The largest absolute Gasteiger partial charge is 0.461 e. The van der Waals surface area contributed by atoms with E-state index in [0.29, 0.717) is 18.4 Å². The van der Waals surface area contributed by atoms with E-state index in [1.54, 1.807) is 11.6 Å². The van der Waals surface area contributed by atoms with Crippen LogP contribution in [0, 0.1) is 5.92 Å². The molecule has 1 aliphatic carbocycles. The van der Waals surface area contributed by atoms with Gasteiger partial charge in [0.15, 0.2) is 6.04 Å². The van der Waals surface area contributed by atoms with Gasteiger partial charge >= 0.3 is 5.97 Å². The molecule has 31 heavy (non-hydrogen) atoms. The summed E-state index contributed by atoms with van der Waals surface area (Å²) in [5.41, 5.74) is 2.31. The van der Waals surface area contributed by atoms with E-state index in [-0.39, 0.29) is 37.3 Å². The first-order valence-electron chi connectivity index (χ1n) is 11.0. The van der Waals surface area contributed by atoms with Crippen LogP contribution in [0.4, 0.5) is 0 Å². The zero-order valence-corrected chi connectivity index (χ0v) is 18.3. The highest BCUT2D eigenvalue weighted by molar-refractivity contribution is 5.86. The Kier molecular flexibility index (Phi) is 10.2. The number of amides is 2. The maximum absolute atomic E-state index is 13.3. The predicted octanol–water partition coefficient (Wildman–Crippen LogP) is 3.93. The zero-order chi connectivity index (χ0) is 22.6. The highest BCUT2D eigenvalue weighted by Crippen LogP contribution is 2.29. The molecule has 1 fully saturated rings. The van der Waals surface area contributed by atoms with E-state index in [0.717, 1.165) is 25.7 Å². The number of carbonyl (C=O) groups excluding carboxylic acids is 3. The summed E-state index contributed by atoms with van der Waals surface area (Å²) in [6.07, 6.45) is 7.02. The van der Waals surface area contributed by atoms with Gasteiger partial charge in [-0.1, -0.05) is 43.3 Å².